The van der Waals surface area contributed by atoms with Gasteiger partial charge in [-0.05, 0) is 23.3 Å². The molecule has 7 heteroatoms. The van der Waals surface area contributed by atoms with Crippen molar-refractivity contribution in [2.24, 2.45) is 0 Å². The van der Waals surface area contributed by atoms with Crippen molar-refractivity contribution >= 4 is 17.5 Å². The van der Waals surface area contributed by atoms with Crippen molar-refractivity contribution in [1.29, 1.82) is 0 Å². The second kappa shape index (κ2) is 7.46. The lowest BCUT2D eigenvalue weighted by Gasteiger charge is -2.09. The summed E-state index contributed by atoms with van der Waals surface area (Å²) in [7, 11) is 0. The molecule has 0 saturated heterocycles. The minimum absolute atomic E-state index is 0.0366. The van der Waals surface area contributed by atoms with Crippen LogP contribution in [0.4, 0.5) is 14.5 Å². The largest absolute Gasteiger partial charge is 0.392 e. The zero-order valence-electron chi connectivity index (χ0n) is 12.0. The van der Waals surface area contributed by atoms with Crippen LogP contribution in [0, 0.1) is 11.6 Å². The maximum absolute atomic E-state index is 13.4. The summed E-state index contributed by atoms with van der Waals surface area (Å²) in [5.41, 5.74) is 0.990. The Hall–Kier alpha value is -2.80. The molecule has 120 valence electrons. The Balaban J connectivity index is 1.96. The minimum Gasteiger partial charge on any atom is -0.392 e. The van der Waals surface area contributed by atoms with E-state index in [0.717, 1.165) is 12.1 Å². The van der Waals surface area contributed by atoms with Crippen LogP contribution in [0.1, 0.15) is 11.1 Å². The number of aliphatic hydroxyl groups is 1. The molecule has 0 saturated carbocycles. The van der Waals surface area contributed by atoms with Gasteiger partial charge < -0.3 is 15.7 Å². The second-order valence-electron chi connectivity index (χ2n) is 4.69. The molecule has 2 aromatic rings. The van der Waals surface area contributed by atoms with Crippen molar-refractivity contribution in [1.82, 2.24) is 5.32 Å². The van der Waals surface area contributed by atoms with Crippen LogP contribution in [0.25, 0.3) is 0 Å². The van der Waals surface area contributed by atoms with E-state index < -0.39 is 23.4 Å². The Morgan fingerprint density at radius 1 is 1.00 bits per heavy atom. The smallest absolute Gasteiger partial charge is 0.313 e. The van der Waals surface area contributed by atoms with Gasteiger partial charge in [0.1, 0.15) is 11.6 Å². The van der Waals surface area contributed by atoms with Crippen molar-refractivity contribution in [3.63, 3.8) is 0 Å². The van der Waals surface area contributed by atoms with Crippen LogP contribution in [0.2, 0.25) is 0 Å². The van der Waals surface area contributed by atoms with Gasteiger partial charge in [0.05, 0.1) is 12.3 Å². The van der Waals surface area contributed by atoms with Crippen LogP contribution in [-0.2, 0) is 22.7 Å². The van der Waals surface area contributed by atoms with Gasteiger partial charge in [-0.25, -0.2) is 8.78 Å². The molecule has 2 aromatic carbocycles. The SMILES string of the molecule is O=C(NCc1ccccc1CO)C(=O)Nc1ccc(F)cc1F. The lowest BCUT2D eigenvalue weighted by molar-refractivity contribution is -0.136. The summed E-state index contributed by atoms with van der Waals surface area (Å²) < 4.78 is 26.2. The average Bonchev–Trinajstić information content (AvgIpc) is 2.55. The first-order valence-electron chi connectivity index (χ1n) is 6.73. The Morgan fingerprint density at radius 2 is 1.70 bits per heavy atom. The number of hydrogen-bond donors (Lipinski definition) is 3. The molecule has 2 rings (SSSR count). The van der Waals surface area contributed by atoms with Crippen molar-refractivity contribution in [2.45, 2.75) is 13.2 Å². The highest BCUT2D eigenvalue weighted by Gasteiger charge is 2.16. The number of nitrogens with one attached hydrogen (secondary N) is 2. The van der Waals surface area contributed by atoms with Gasteiger partial charge in [0, 0.05) is 12.6 Å². The molecule has 0 aliphatic rings. The zero-order chi connectivity index (χ0) is 16.8. The number of amides is 2. The predicted octanol–water partition coefficient (Wildman–Crippen LogP) is 1.71. The predicted molar refractivity (Wildman–Crippen MR) is 79.2 cm³/mol. The number of benzene rings is 2. The monoisotopic (exact) mass is 320 g/mol. The molecular formula is C16H14F2N2O3. The van der Waals surface area contributed by atoms with E-state index in [1.54, 1.807) is 24.3 Å². The summed E-state index contributed by atoms with van der Waals surface area (Å²) >= 11 is 0. The average molecular weight is 320 g/mol. The van der Waals surface area contributed by atoms with Gasteiger partial charge in [0.15, 0.2) is 0 Å². The first kappa shape index (κ1) is 16.6. The number of carbonyl (C=O) groups excluding carboxylic acids is 2. The van der Waals surface area contributed by atoms with Crippen molar-refractivity contribution in [3.8, 4) is 0 Å². The van der Waals surface area contributed by atoms with Crippen molar-refractivity contribution in [3.05, 3.63) is 65.2 Å². The first-order chi connectivity index (χ1) is 11.0. The number of hydrogen-bond acceptors (Lipinski definition) is 3. The lowest BCUT2D eigenvalue weighted by Crippen LogP contribution is -2.35. The third-order valence-electron chi connectivity index (χ3n) is 3.11. The Bertz CT molecular complexity index is 735. The van der Waals surface area contributed by atoms with Gasteiger partial charge >= 0.3 is 11.8 Å². The van der Waals surface area contributed by atoms with E-state index in [-0.39, 0.29) is 18.8 Å². The van der Waals surface area contributed by atoms with E-state index in [0.29, 0.717) is 17.2 Å². The van der Waals surface area contributed by atoms with Crippen molar-refractivity contribution < 1.29 is 23.5 Å². The molecule has 0 aromatic heterocycles. The zero-order valence-corrected chi connectivity index (χ0v) is 12.0. The van der Waals surface area contributed by atoms with E-state index >= 15 is 0 Å². The normalized spacial score (nSPS) is 10.2. The summed E-state index contributed by atoms with van der Waals surface area (Å²) in [6, 6.07) is 9.45. The summed E-state index contributed by atoms with van der Waals surface area (Å²) in [6.45, 7) is -0.159. The van der Waals surface area contributed by atoms with Crippen LogP contribution in [-0.4, -0.2) is 16.9 Å². The fourth-order valence-electron chi connectivity index (χ4n) is 1.91. The van der Waals surface area contributed by atoms with Crippen LogP contribution in [0.5, 0.6) is 0 Å². The molecule has 3 N–H and O–H groups in total. The number of aliphatic hydroxyl groups excluding tert-OH is 1. The number of anilines is 1. The lowest BCUT2D eigenvalue weighted by atomic mass is 10.1. The van der Waals surface area contributed by atoms with E-state index in [1.807, 2.05) is 0 Å². The van der Waals surface area contributed by atoms with E-state index in [4.69, 9.17) is 0 Å². The van der Waals surface area contributed by atoms with Gasteiger partial charge in [0.2, 0.25) is 0 Å². The highest BCUT2D eigenvalue weighted by molar-refractivity contribution is 6.39. The molecule has 0 heterocycles. The van der Waals surface area contributed by atoms with E-state index in [9.17, 15) is 23.5 Å². The first-order valence-corrected chi connectivity index (χ1v) is 6.73. The quantitative estimate of drug-likeness (QED) is 0.751. The highest BCUT2D eigenvalue weighted by atomic mass is 19.1. The van der Waals surface area contributed by atoms with Gasteiger partial charge in [-0.2, -0.15) is 0 Å². The van der Waals surface area contributed by atoms with Gasteiger partial charge in [-0.15, -0.1) is 0 Å². The Kier molecular flexibility index (Phi) is 5.37. The van der Waals surface area contributed by atoms with Crippen LogP contribution in [0.3, 0.4) is 0 Å². The summed E-state index contributed by atoms with van der Waals surface area (Å²) in [5.74, 6) is -3.80. The third kappa shape index (κ3) is 4.33. The van der Waals surface area contributed by atoms with Crippen LogP contribution < -0.4 is 10.6 Å². The molecule has 0 bridgehead atoms. The Morgan fingerprint density at radius 3 is 2.35 bits per heavy atom. The number of rotatable bonds is 4. The molecule has 23 heavy (non-hydrogen) atoms. The fraction of sp³-hybridized carbons (Fsp3) is 0.125. The molecular weight excluding hydrogens is 306 g/mol. The fourth-order valence-corrected chi connectivity index (χ4v) is 1.91. The van der Waals surface area contributed by atoms with Gasteiger partial charge in [-0.3, -0.25) is 9.59 Å². The Labute approximate surface area is 130 Å². The topological polar surface area (TPSA) is 78.4 Å². The third-order valence-corrected chi connectivity index (χ3v) is 3.11. The molecule has 0 unspecified atom stereocenters. The molecule has 0 aliphatic heterocycles. The van der Waals surface area contributed by atoms with Crippen LogP contribution >= 0.6 is 0 Å². The molecule has 5 nitrogen and oxygen atoms in total. The molecule has 2 amide bonds. The second-order valence-corrected chi connectivity index (χ2v) is 4.69. The summed E-state index contributed by atoms with van der Waals surface area (Å²) in [4.78, 5) is 23.4. The number of carbonyl (C=O) groups is 2. The van der Waals surface area contributed by atoms with Gasteiger partial charge in [-0.1, -0.05) is 24.3 Å². The van der Waals surface area contributed by atoms with E-state index in [2.05, 4.69) is 10.6 Å². The molecule has 0 fully saturated rings. The highest BCUT2D eigenvalue weighted by Crippen LogP contribution is 2.14. The van der Waals surface area contributed by atoms with Crippen molar-refractivity contribution in [2.75, 3.05) is 5.32 Å². The molecule has 0 aliphatic carbocycles. The number of halogens is 2. The maximum Gasteiger partial charge on any atom is 0.313 e. The molecule has 0 spiro atoms. The summed E-state index contributed by atoms with van der Waals surface area (Å²) in [5, 5.41) is 13.6. The van der Waals surface area contributed by atoms with E-state index in [1.165, 1.54) is 0 Å². The standard InChI is InChI=1S/C16H14F2N2O3/c17-12-5-6-14(13(18)7-12)20-16(23)15(22)19-8-10-3-1-2-4-11(10)9-21/h1-7,21H,8-9H2,(H,19,22)(H,20,23). The maximum atomic E-state index is 13.4. The molecule has 0 radical (unpaired) electrons. The molecule has 0 atom stereocenters. The minimum atomic E-state index is -1.07. The van der Waals surface area contributed by atoms with Gasteiger partial charge in [0.25, 0.3) is 0 Å². The van der Waals surface area contributed by atoms with Crippen LogP contribution in [0.15, 0.2) is 42.5 Å². The summed E-state index contributed by atoms with van der Waals surface area (Å²) in [6.07, 6.45) is 0.